The molecule has 0 bridgehead atoms. The lowest BCUT2D eigenvalue weighted by atomic mass is 10.1. The molecule has 0 unspecified atom stereocenters. The van der Waals surface area contributed by atoms with Crippen molar-refractivity contribution in [2.45, 2.75) is 6.42 Å². The van der Waals surface area contributed by atoms with Gasteiger partial charge in [0.25, 0.3) is 0 Å². The molecular formula is C15H11NO2. The number of ether oxygens (including phenoxy) is 1. The van der Waals surface area contributed by atoms with Gasteiger partial charge in [-0.2, -0.15) is 5.26 Å². The van der Waals surface area contributed by atoms with E-state index < -0.39 is 0 Å². The number of benzene rings is 2. The summed E-state index contributed by atoms with van der Waals surface area (Å²) in [5.41, 5.74) is 1.25. The molecule has 0 aromatic heterocycles. The van der Waals surface area contributed by atoms with Crippen molar-refractivity contribution in [3.8, 4) is 11.8 Å². The van der Waals surface area contributed by atoms with Gasteiger partial charge in [-0.15, -0.1) is 0 Å². The number of para-hydroxylation sites is 1. The molecular weight excluding hydrogens is 226 g/mol. The summed E-state index contributed by atoms with van der Waals surface area (Å²) in [6.45, 7) is 0. The Morgan fingerprint density at radius 1 is 1.06 bits per heavy atom. The molecule has 0 aliphatic carbocycles. The van der Waals surface area contributed by atoms with E-state index in [1.54, 1.807) is 24.3 Å². The van der Waals surface area contributed by atoms with Gasteiger partial charge in [0.2, 0.25) is 0 Å². The second-order valence-electron chi connectivity index (χ2n) is 3.74. The molecule has 0 heterocycles. The maximum absolute atomic E-state index is 11.7. The van der Waals surface area contributed by atoms with Crippen molar-refractivity contribution in [3.63, 3.8) is 0 Å². The fourth-order valence-electron chi connectivity index (χ4n) is 1.57. The standard InChI is InChI=1S/C15H11NO2/c16-11-13-8-4-5-9-14(13)18-15(17)10-12-6-2-1-3-7-12/h1-9H,10H2. The SMILES string of the molecule is N#Cc1ccccc1OC(=O)Cc1ccccc1. The van der Waals surface area contributed by atoms with Crippen molar-refractivity contribution in [1.29, 1.82) is 5.26 Å². The molecule has 2 rings (SSSR count). The number of rotatable bonds is 3. The van der Waals surface area contributed by atoms with E-state index in [1.807, 2.05) is 36.4 Å². The number of carbonyl (C=O) groups excluding carboxylic acids is 1. The molecule has 2 aromatic carbocycles. The maximum atomic E-state index is 11.7. The molecule has 88 valence electrons. The Labute approximate surface area is 105 Å². The van der Waals surface area contributed by atoms with Crippen LogP contribution in [0.15, 0.2) is 54.6 Å². The molecule has 3 nitrogen and oxygen atoms in total. The van der Waals surface area contributed by atoms with Gasteiger partial charge >= 0.3 is 5.97 Å². The molecule has 0 spiro atoms. The molecule has 0 radical (unpaired) electrons. The highest BCUT2D eigenvalue weighted by Crippen LogP contribution is 2.17. The lowest BCUT2D eigenvalue weighted by Crippen LogP contribution is -2.11. The predicted octanol–water partition coefficient (Wildman–Crippen LogP) is 2.71. The smallest absolute Gasteiger partial charge is 0.315 e. The summed E-state index contributed by atoms with van der Waals surface area (Å²) in [5, 5.41) is 8.88. The summed E-state index contributed by atoms with van der Waals surface area (Å²) < 4.78 is 5.18. The lowest BCUT2D eigenvalue weighted by Gasteiger charge is -2.05. The molecule has 0 amide bonds. The molecule has 0 saturated carbocycles. The third-order valence-electron chi connectivity index (χ3n) is 2.42. The minimum atomic E-state index is -0.371. The van der Waals surface area contributed by atoms with Crippen molar-refractivity contribution in [2.75, 3.05) is 0 Å². The highest BCUT2D eigenvalue weighted by atomic mass is 16.5. The van der Waals surface area contributed by atoms with Crippen LogP contribution in [0.2, 0.25) is 0 Å². The van der Waals surface area contributed by atoms with Crippen LogP contribution < -0.4 is 4.74 Å². The quantitative estimate of drug-likeness (QED) is 0.609. The summed E-state index contributed by atoms with van der Waals surface area (Å²) in [6, 6.07) is 18.0. The van der Waals surface area contributed by atoms with Gasteiger partial charge in [-0.25, -0.2) is 0 Å². The second-order valence-corrected chi connectivity index (χ2v) is 3.74. The highest BCUT2D eigenvalue weighted by Gasteiger charge is 2.09. The fourth-order valence-corrected chi connectivity index (χ4v) is 1.57. The van der Waals surface area contributed by atoms with Crippen LogP contribution in [0.1, 0.15) is 11.1 Å². The van der Waals surface area contributed by atoms with Crippen LogP contribution in [-0.4, -0.2) is 5.97 Å². The zero-order valence-corrected chi connectivity index (χ0v) is 9.67. The third-order valence-corrected chi connectivity index (χ3v) is 2.42. The van der Waals surface area contributed by atoms with Crippen LogP contribution in [-0.2, 0) is 11.2 Å². The van der Waals surface area contributed by atoms with Crippen molar-refractivity contribution in [1.82, 2.24) is 0 Å². The zero-order valence-electron chi connectivity index (χ0n) is 9.67. The minimum absolute atomic E-state index is 0.195. The maximum Gasteiger partial charge on any atom is 0.315 e. The first-order valence-corrected chi connectivity index (χ1v) is 5.53. The van der Waals surface area contributed by atoms with Crippen LogP contribution >= 0.6 is 0 Å². The van der Waals surface area contributed by atoms with Crippen molar-refractivity contribution >= 4 is 5.97 Å². The summed E-state index contributed by atoms with van der Waals surface area (Å²) in [5.74, 6) is -0.0650. The largest absolute Gasteiger partial charge is 0.425 e. The number of nitrogens with zero attached hydrogens (tertiary/aromatic N) is 1. The van der Waals surface area contributed by atoms with Gasteiger partial charge < -0.3 is 4.74 Å². The van der Waals surface area contributed by atoms with Crippen molar-refractivity contribution < 1.29 is 9.53 Å². The van der Waals surface area contributed by atoms with Gasteiger partial charge in [-0.3, -0.25) is 4.79 Å². The zero-order chi connectivity index (χ0) is 12.8. The molecule has 18 heavy (non-hydrogen) atoms. The first kappa shape index (κ1) is 11.9. The molecule has 0 aliphatic rings. The van der Waals surface area contributed by atoms with Crippen LogP contribution in [0.4, 0.5) is 0 Å². The molecule has 0 N–H and O–H groups in total. The van der Waals surface area contributed by atoms with E-state index in [0.717, 1.165) is 5.56 Å². The van der Waals surface area contributed by atoms with Crippen LogP contribution in [0.5, 0.6) is 5.75 Å². The number of hydrogen-bond donors (Lipinski definition) is 0. The Kier molecular flexibility index (Phi) is 3.72. The second kappa shape index (κ2) is 5.65. The Bertz CT molecular complexity index is 585. The minimum Gasteiger partial charge on any atom is -0.425 e. The van der Waals surface area contributed by atoms with Crippen LogP contribution in [0.3, 0.4) is 0 Å². The normalized spacial score (nSPS) is 9.50. The van der Waals surface area contributed by atoms with Gasteiger partial charge in [0.05, 0.1) is 12.0 Å². The predicted molar refractivity (Wildman–Crippen MR) is 66.9 cm³/mol. The summed E-state index contributed by atoms with van der Waals surface area (Å²) in [7, 11) is 0. The Hall–Kier alpha value is -2.60. The van der Waals surface area contributed by atoms with E-state index in [-0.39, 0.29) is 12.4 Å². The van der Waals surface area contributed by atoms with Crippen molar-refractivity contribution in [2.24, 2.45) is 0 Å². The number of esters is 1. The van der Waals surface area contributed by atoms with Gasteiger partial charge in [0.15, 0.2) is 0 Å². The van der Waals surface area contributed by atoms with Gasteiger partial charge in [0, 0.05) is 0 Å². The topological polar surface area (TPSA) is 50.1 Å². The molecule has 3 heteroatoms. The van der Waals surface area contributed by atoms with Crippen LogP contribution in [0, 0.1) is 11.3 Å². The number of nitriles is 1. The van der Waals surface area contributed by atoms with Gasteiger partial charge in [0.1, 0.15) is 11.8 Å². The Morgan fingerprint density at radius 3 is 2.44 bits per heavy atom. The molecule has 0 atom stereocenters. The van der Waals surface area contributed by atoms with E-state index in [4.69, 9.17) is 10.00 Å². The van der Waals surface area contributed by atoms with E-state index in [0.29, 0.717) is 11.3 Å². The third kappa shape index (κ3) is 2.96. The summed E-state index contributed by atoms with van der Waals surface area (Å²) in [4.78, 5) is 11.7. The first-order chi connectivity index (χ1) is 8.79. The average molecular weight is 237 g/mol. The fraction of sp³-hybridized carbons (Fsp3) is 0.0667. The van der Waals surface area contributed by atoms with Crippen LogP contribution in [0.25, 0.3) is 0 Å². The summed E-state index contributed by atoms with van der Waals surface area (Å²) in [6.07, 6.45) is 0.195. The monoisotopic (exact) mass is 237 g/mol. The van der Waals surface area contributed by atoms with E-state index in [2.05, 4.69) is 0 Å². The van der Waals surface area contributed by atoms with E-state index >= 15 is 0 Å². The van der Waals surface area contributed by atoms with E-state index in [9.17, 15) is 4.79 Å². The van der Waals surface area contributed by atoms with Gasteiger partial charge in [-0.05, 0) is 17.7 Å². The Morgan fingerprint density at radius 2 is 1.72 bits per heavy atom. The Balaban J connectivity index is 2.06. The molecule has 0 aliphatic heterocycles. The van der Waals surface area contributed by atoms with E-state index in [1.165, 1.54) is 0 Å². The highest BCUT2D eigenvalue weighted by molar-refractivity contribution is 5.75. The average Bonchev–Trinajstić information content (AvgIpc) is 2.40. The van der Waals surface area contributed by atoms with Crippen molar-refractivity contribution in [3.05, 3.63) is 65.7 Å². The molecule has 2 aromatic rings. The molecule has 0 fully saturated rings. The first-order valence-electron chi connectivity index (χ1n) is 5.53. The lowest BCUT2D eigenvalue weighted by molar-refractivity contribution is -0.133. The molecule has 0 saturated heterocycles. The van der Waals surface area contributed by atoms with Gasteiger partial charge in [-0.1, -0.05) is 42.5 Å². The number of carbonyl (C=O) groups is 1. The number of hydrogen-bond acceptors (Lipinski definition) is 3. The summed E-state index contributed by atoms with van der Waals surface area (Å²) >= 11 is 0.